The van der Waals surface area contributed by atoms with E-state index in [0.717, 1.165) is 10.0 Å². The summed E-state index contributed by atoms with van der Waals surface area (Å²) in [5.41, 5.74) is 1.73. The number of benzene rings is 2. The molecule has 0 fully saturated rings. The van der Waals surface area contributed by atoms with Crippen LogP contribution in [0.1, 0.15) is 12.5 Å². The molecule has 0 saturated heterocycles. The number of hydrogen-bond donors (Lipinski definition) is 1. The Hall–Kier alpha value is -1.33. The van der Waals surface area contributed by atoms with E-state index in [4.69, 9.17) is 0 Å². The second-order valence-electron chi connectivity index (χ2n) is 4.38. The first-order valence-corrected chi connectivity index (χ1v) is 8.77. The fourth-order valence-electron chi connectivity index (χ4n) is 1.88. The van der Waals surface area contributed by atoms with Crippen molar-refractivity contribution in [1.82, 2.24) is 0 Å². The van der Waals surface area contributed by atoms with Gasteiger partial charge in [0.05, 0.1) is 16.3 Å². The summed E-state index contributed by atoms with van der Waals surface area (Å²) in [4.78, 5) is 0.359. The standard InChI is InChI=1S/C15H16BrNO2S/c1-2-20(18,19)15-9-4-3-8-14(15)17-11-12-6-5-7-13(16)10-12/h3-10,17H,2,11H2,1H3. The normalized spacial score (nSPS) is 11.3. The Labute approximate surface area is 128 Å². The van der Waals surface area contributed by atoms with Gasteiger partial charge in [0.25, 0.3) is 0 Å². The predicted octanol–water partition coefficient (Wildman–Crippen LogP) is 3.85. The van der Waals surface area contributed by atoms with Gasteiger partial charge >= 0.3 is 0 Å². The summed E-state index contributed by atoms with van der Waals surface area (Å²) >= 11 is 3.42. The first-order valence-electron chi connectivity index (χ1n) is 6.33. The van der Waals surface area contributed by atoms with Crippen molar-refractivity contribution in [3.63, 3.8) is 0 Å². The van der Waals surface area contributed by atoms with Crippen LogP contribution < -0.4 is 5.32 Å². The maximum Gasteiger partial charge on any atom is 0.180 e. The van der Waals surface area contributed by atoms with Crippen LogP contribution in [0.5, 0.6) is 0 Å². The maximum atomic E-state index is 12.0. The Balaban J connectivity index is 2.22. The first kappa shape index (κ1) is 15.1. The molecule has 0 aliphatic heterocycles. The minimum Gasteiger partial charge on any atom is -0.380 e. The number of nitrogens with one attached hydrogen (secondary N) is 1. The molecule has 0 spiro atoms. The highest BCUT2D eigenvalue weighted by atomic mass is 79.9. The lowest BCUT2D eigenvalue weighted by Gasteiger charge is -2.12. The Morgan fingerprint density at radius 3 is 2.55 bits per heavy atom. The number of rotatable bonds is 5. The first-order chi connectivity index (χ1) is 9.53. The molecule has 20 heavy (non-hydrogen) atoms. The summed E-state index contributed by atoms with van der Waals surface area (Å²) < 4.78 is 25.1. The molecule has 2 aromatic carbocycles. The monoisotopic (exact) mass is 353 g/mol. The molecule has 0 saturated carbocycles. The molecule has 0 amide bonds. The van der Waals surface area contributed by atoms with Crippen molar-refractivity contribution in [3.05, 3.63) is 58.6 Å². The lowest BCUT2D eigenvalue weighted by Crippen LogP contribution is -2.09. The minimum atomic E-state index is -3.21. The molecule has 2 aromatic rings. The van der Waals surface area contributed by atoms with Gasteiger partial charge in [0, 0.05) is 11.0 Å². The molecule has 2 rings (SSSR count). The summed E-state index contributed by atoms with van der Waals surface area (Å²) in [5, 5.41) is 3.20. The van der Waals surface area contributed by atoms with E-state index in [1.165, 1.54) is 0 Å². The van der Waals surface area contributed by atoms with E-state index >= 15 is 0 Å². The average Bonchev–Trinajstić information content (AvgIpc) is 2.45. The summed E-state index contributed by atoms with van der Waals surface area (Å²) in [6.07, 6.45) is 0. The topological polar surface area (TPSA) is 46.2 Å². The lowest BCUT2D eigenvalue weighted by molar-refractivity contribution is 0.597. The number of sulfone groups is 1. The van der Waals surface area contributed by atoms with E-state index in [1.54, 1.807) is 25.1 Å². The molecule has 0 radical (unpaired) electrons. The van der Waals surface area contributed by atoms with Gasteiger partial charge in [0.15, 0.2) is 9.84 Å². The second-order valence-corrected chi connectivity index (χ2v) is 7.55. The van der Waals surface area contributed by atoms with Crippen LogP contribution in [0.25, 0.3) is 0 Å². The fraction of sp³-hybridized carbons (Fsp3) is 0.200. The predicted molar refractivity (Wildman–Crippen MR) is 85.6 cm³/mol. The van der Waals surface area contributed by atoms with Crippen molar-refractivity contribution in [2.45, 2.75) is 18.4 Å². The van der Waals surface area contributed by atoms with Gasteiger partial charge in [0.1, 0.15) is 0 Å². The van der Waals surface area contributed by atoms with Crippen LogP contribution in [0, 0.1) is 0 Å². The zero-order valence-electron chi connectivity index (χ0n) is 11.1. The molecule has 5 heteroatoms. The van der Waals surface area contributed by atoms with Crippen LogP contribution >= 0.6 is 15.9 Å². The lowest BCUT2D eigenvalue weighted by atomic mass is 10.2. The quantitative estimate of drug-likeness (QED) is 0.887. The summed E-state index contributed by atoms with van der Waals surface area (Å²) in [6, 6.07) is 14.9. The highest BCUT2D eigenvalue weighted by Crippen LogP contribution is 2.23. The van der Waals surface area contributed by atoms with Gasteiger partial charge in [-0.25, -0.2) is 8.42 Å². The highest BCUT2D eigenvalue weighted by Gasteiger charge is 2.15. The van der Waals surface area contributed by atoms with E-state index in [2.05, 4.69) is 21.2 Å². The van der Waals surface area contributed by atoms with E-state index in [1.807, 2.05) is 30.3 Å². The second kappa shape index (κ2) is 6.41. The minimum absolute atomic E-state index is 0.0998. The molecule has 106 valence electrons. The largest absolute Gasteiger partial charge is 0.380 e. The Bertz CT molecular complexity index is 699. The molecule has 0 aromatic heterocycles. The molecule has 1 N–H and O–H groups in total. The van der Waals surface area contributed by atoms with Crippen molar-refractivity contribution >= 4 is 31.5 Å². The van der Waals surface area contributed by atoms with Gasteiger partial charge in [-0.1, -0.05) is 47.1 Å². The zero-order chi connectivity index (χ0) is 14.6. The van der Waals surface area contributed by atoms with Crippen molar-refractivity contribution < 1.29 is 8.42 Å². The zero-order valence-corrected chi connectivity index (χ0v) is 13.5. The van der Waals surface area contributed by atoms with Crippen molar-refractivity contribution in [2.24, 2.45) is 0 Å². The summed E-state index contributed by atoms with van der Waals surface area (Å²) in [7, 11) is -3.21. The van der Waals surface area contributed by atoms with Crippen LogP contribution in [-0.2, 0) is 16.4 Å². The third-order valence-electron chi connectivity index (χ3n) is 2.97. The number of para-hydroxylation sites is 1. The molecule has 0 bridgehead atoms. The third kappa shape index (κ3) is 3.61. The van der Waals surface area contributed by atoms with Crippen molar-refractivity contribution in [1.29, 1.82) is 0 Å². The highest BCUT2D eigenvalue weighted by molar-refractivity contribution is 9.10. The summed E-state index contributed by atoms with van der Waals surface area (Å²) in [5.74, 6) is 0.0998. The van der Waals surface area contributed by atoms with Gasteiger partial charge in [-0.3, -0.25) is 0 Å². The van der Waals surface area contributed by atoms with Gasteiger partial charge in [0.2, 0.25) is 0 Å². The van der Waals surface area contributed by atoms with E-state index in [-0.39, 0.29) is 5.75 Å². The molecule has 0 aliphatic rings. The van der Waals surface area contributed by atoms with Crippen molar-refractivity contribution in [3.8, 4) is 0 Å². The van der Waals surface area contributed by atoms with Crippen LogP contribution in [0.3, 0.4) is 0 Å². The molecule has 0 atom stereocenters. The third-order valence-corrected chi connectivity index (χ3v) is 5.25. The molecular weight excluding hydrogens is 338 g/mol. The van der Waals surface area contributed by atoms with Crippen molar-refractivity contribution in [2.75, 3.05) is 11.1 Å². The number of hydrogen-bond acceptors (Lipinski definition) is 3. The maximum absolute atomic E-state index is 12.0. The smallest absolute Gasteiger partial charge is 0.180 e. The van der Waals surface area contributed by atoms with Gasteiger partial charge in [-0.05, 0) is 29.8 Å². The molecule has 0 unspecified atom stereocenters. The van der Waals surface area contributed by atoms with Crippen LogP contribution in [0.15, 0.2) is 57.9 Å². The van der Waals surface area contributed by atoms with Crippen LogP contribution in [0.4, 0.5) is 5.69 Å². The van der Waals surface area contributed by atoms with E-state index < -0.39 is 9.84 Å². The molecule has 0 heterocycles. The average molecular weight is 354 g/mol. The summed E-state index contributed by atoms with van der Waals surface area (Å²) in [6.45, 7) is 2.23. The van der Waals surface area contributed by atoms with Gasteiger partial charge in [-0.2, -0.15) is 0 Å². The Kier molecular flexibility index (Phi) is 4.83. The molecule has 0 aliphatic carbocycles. The SMILES string of the molecule is CCS(=O)(=O)c1ccccc1NCc1cccc(Br)c1. The van der Waals surface area contributed by atoms with Crippen LogP contribution in [0.2, 0.25) is 0 Å². The fourth-order valence-corrected chi connectivity index (χ4v) is 3.40. The number of halogens is 1. The Morgan fingerprint density at radius 2 is 1.85 bits per heavy atom. The molecule has 3 nitrogen and oxygen atoms in total. The van der Waals surface area contributed by atoms with E-state index in [9.17, 15) is 8.42 Å². The Morgan fingerprint density at radius 1 is 1.10 bits per heavy atom. The number of anilines is 1. The van der Waals surface area contributed by atoms with Gasteiger partial charge < -0.3 is 5.32 Å². The van der Waals surface area contributed by atoms with E-state index in [0.29, 0.717) is 17.1 Å². The van der Waals surface area contributed by atoms with Gasteiger partial charge in [-0.15, -0.1) is 0 Å². The molecular formula is C15H16BrNO2S. The van der Waals surface area contributed by atoms with Crippen LogP contribution in [-0.4, -0.2) is 14.2 Å².